The second-order valence-electron chi connectivity index (χ2n) is 8.48. The average Bonchev–Trinajstić information content (AvgIpc) is 3.17. The normalized spacial score (nSPS) is 12.3. The Morgan fingerprint density at radius 1 is 1.12 bits per heavy atom. The third-order valence-electron chi connectivity index (χ3n) is 4.50. The topological polar surface area (TPSA) is 110 Å². The monoisotopic (exact) mass is 478 g/mol. The molecule has 0 fully saturated rings. The second kappa shape index (κ2) is 11.4. The van der Waals surface area contributed by atoms with E-state index in [9.17, 15) is 14.4 Å². The summed E-state index contributed by atoms with van der Waals surface area (Å²) in [6.45, 7) is 12.1. The molecule has 32 heavy (non-hydrogen) atoms. The van der Waals surface area contributed by atoms with E-state index in [0.717, 1.165) is 16.9 Å². The Morgan fingerprint density at radius 2 is 1.78 bits per heavy atom. The molecule has 0 radical (unpaired) electrons. The highest BCUT2D eigenvalue weighted by atomic mass is 32.2. The van der Waals surface area contributed by atoms with Crippen LogP contribution in [0.15, 0.2) is 28.6 Å². The van der Waals surface area contributed by atoms with Crippen molar-refractivity contribution in [2.75, 3.05) is 17.7 Å². The molecular weight excluding hydrogens is 448 g/mol. The van der Waals surface area contributed by atoms with Gasteiger partial charge in [-0.3, -0.25) is 19.7 Å². The van der Waals surface area contributed by atoms with Crippen molar-refractivity contribution in [1.29, 1.82) is 0 Å². The Hall–Kier alpha value is -2.46. The molecule has 0 spiro atoms. The van der Waals surface area contributed by atoms with Crippen LogP contribution in [0.2, 0.25) is 0 Å². The van der Waals surface area contributed by atoms with Gasteiger partial charge in [-0.1, -0.05) is 69.9 Å². The maximum atomic E-state index is 12.8. The first-order valence-electron chi connectivity index (χ1n) is 10.4. The minimum absolute atomic E-state index is 0.00937. The lowest BCUT2D eigenvalue weighted by molar-refractivity contribution is -0.139. The van der Waals surface area contributed by atoms with Gasteiger partial charge >= 0.3 is 5.97 Å². The van der Waals surface area contributed by atoms with Crippen molar-refractivity contribution in [2.24, 2.45) is 5.92 Å². The fourth-order valence-electron chi connectivity index (χ4n) is 2.71. The van der Waals surface area contributed by atoms with Crippen molar-refractivity contribution in [1.82, 2.24) is 15.5 Å². The molecular formula is C22H30N4O4S2. The van der Waals surface area contributed by atoms with E-state index in [4.69, 9.17) is 4.74 Å². The van der Waals surface area contributed by atoms with Crippen LogP contribution >= 0.6 is 23.1 Å². The van der Waals surface area contributed by atoms with Crippen LogP contribution in [-0.4, -0.2) is 46.4 Å². The number of carbonyl (C=O) groups excluding carboxylic acids is 3. The fourth-order valence-corrected chi connectivity index (χ4v) is 4.26. The number of thioether (sulfide) groups is 1. The number of anilines is 1. The van der Waals surface area contributed by atoms with Crippen molar-refractivity contribution < 1.29 is 19.1 Å². The molecule has 1 aromatic heterocycles. The third-order valence-corrected chi connectivity index (χ3v) is 6.45. The number of ether oxygens (including phenoxy) is 1. The van der Waals surface area contributed by atoms with Crippen LogP contribution in [0, 0.1) is 5.92 Å². The van der Waals surface area contributed by atoms with E-state index in [1.54, 1.807) is 19.1 Å². The van der Waals surface area contributed by atoms with Crippen LogP contribution in [0.1, 0.15) is 57.5 Å². The molecule has 1 aromatic carbocycles. The number of esters is 1. The van der Waals surface area contributed by atoms with Crippen LogP contribution < -0.4 is 10.6 Å². The largest absolute Gasteiger partial charge is 0.465 e. The summed E-state index contributed by atoms with van der Waals surface area (Å²) in [5, 5.41) is 13.7. The van der Waals surface area contributed by atoms with E-state index in [1.807, 2.05) is 26.0 Å². The molecule has 1 heterocycles. The standard InChI is InChI=1S/C22H30N4O4S2/c1-7-30-16(27)12-31-21-26-25-20(32-21)24-19(29)17(13(2)3)23-18(28)14-8-10-15(11-9-14)22(4,5)6/h8-11,13,17H,7,12H2,1-6H3,(H,23,28)(H,24,25,29). The zero-order chi connectivity index (χ0) is 23.9. The molecule has 8 nitrogen and oxygen atoms in total. The molecule has 2 rings (SSSR count). The lowest BCUT2D eigenvalue weighted by Crippen LogP contribution is -2.47. The quantitative estimate of drug-likeness (QED) is 0.320. The van der Waals surface area contributed by atoms with Gasteiger partial charge in [0.2, 0.25) is 11.0 Å². The van der Waals surface area contributed by atoms with Gasteiger partial charge < -0.3 is 10.1 Å². The summed E-state index contributed by atoms with van der Waals surface area (Å²) in [4.78, 5) is 37.0. The molecule has 0 aliphatic heterocycles. The number of benzene rings is 1. The molecule has 0 aliphatic rings. The summed E-state index contributed by atoms with van der Waals surface area (Å²) in [5.41, 5.74) is 1.61. The number of hydrogen-bond donors (Lipinski definition) is 2. The van der Waals surface area contributed by atoms with E-state index in [1.165, 1.54) is 11.8 Å². The molecule has 1 unspecified atom stereocenters. The highest BCUT2D eigenvalue weighted by Crippen LogP contribution is 2.26. The van der Waals surface area contributed by atoms with Crippen LogP contribution in [0.3, 0.4) is 0 Å². The molecule has 1 atom stereocenters. The van der Waals surface area contributed by atoms with E-state index in [0.29, 0.717) is 21.6 Å². The van der Waals surface area contributed by atoms with E-state index in [2.05, 4.69) is 41.6 Å². The second-order valence-corrected chi connectivity index (χ2v) is 10.7. The molecule has 0 saturated heterocycles. The highest BCUT2D eigenvalue weighted by molar-refractivity contribution is 8.01. The van der Waals surface area contributed by atoms with Crippen LogP contribution in [0.5, 0.6) is 0 Å². The van der Waals surface area contributed by atoms with Gasteiger partial charge in [-0.05, 0) is 36.0 Å². The first kappa shape index (κ1) is 25.8. The van der Waals surface area contributed by atoms with Crippen molar-refractivity contribution in [3.05, 3.63) is 35.4 Å². The summed E-state index contributed by atoms with van der Waals surface area (Å²) in [6, 6.07) is 6.64. The summed E-state index contributed by atoms with van der Waals surface area (Å²) < 4.78 is 5.42. The Bertz CT molecular complexity index is 936. The summed E-state index contributed by atoms with van der Waals surface area (Å²) in [6.07, 6.45) is 0. The number of nitrogens with one attached hydrogen (secondary N) is 2. The Morgan fingerprint density at radius 3 is 2.34 bits per heavy atom. The van der Waals surface area contributed by atoms with Gasteiger partial charge in [0.15, 0.2) is 4.34 Å². The lowest BCUT2D eigenvalue weighted by atomic mass is 9.86. The van der Waals surface area contributed by atoms with Gasteiger partial charge in [0.1, 0.15) is 6.04 Å². The van der Waals surface area contributed by atoms with Crippen molar-refractivity contribution >= 4 is 46.0 Å². The van der Waals surface area contributed by atoms with E-state index < -0.39 is 6.04 Å². The summed E-state index contributed by atoms with van der Waals surface area (Å²) in [7, 11) is 0. The summed E-state index contributed by atoms with van der Waals surface area (Å²) >= 11 is 2.35. The highest BCUT2D eigenvalue weighted by Gasteiger charge is 2.26. The van der Waals surface area contributed by atoms with Gasteiger partial charge in [-0.25, -0.2) is 0 Å². The third kappa shape index (κ3) is 7.59. The maximum absolute atomic E-state index is 12.8. The van der Waals surface area contributed by atoms with Crippen molar-refractivity contribution in [3.8, 4) is 0 Å². The molecule has 0 saturated carbocycles. The minimum atomic E-state index is -0.746. The number of aromatic nitrogens is 2. The smallest absolute Gasteiger partial charge is 0.316 e. The number of amides is 2. The van der Waals surface area contributed by atoms with Gasteiger partial charge in [0.25, 0.3) is 5.91 Å². The average molecular weight is 479 g/mol. The van der Waals surface area contributed by atoms with Gasteiger partial charge in [0, 0.05) is 5.56 Å². The Labute approximate surface area is 196 Å². The van der Waals surface area contributed by atoms with Crippen LogP contribution in [0.4, 0.5) is 5.13 Å². The SMILES string of the molecule is CCOC(=O)CSc1nnc(NC(=O)C(NC(=O)c2ccc(C(C)(C)C)cc2)C(C)C)s1. The van der Waals surface area contributed by atoms with Gasteiger partial charge in [-0.15, -0.1) is 10.2 Å². The van der Waals surface area contributed by atoms with Gasteiger partial charge in [0.05, 0.1) is 12.4 Å². The van der Waals surface area contributed by atoms with Crippen molar-refractivity contribution in [2.45, 2.75) is 57.3 Å². The van der Waals surface area contributed by atoms with Crippen LogP contribution in [-0.2, 0) is 19.7 Å². The zero-order valence-corrected chi connectivity index (χ0v) is 20.9. The van der Waals surface area contributed by atoms with E-state index >= 15 is 0 Å². The lowest BCUT2D eigenvalue weighted by Gasteiger charge is -2.22. The number of hydrogen-bond acceptors (Lipinski definition) is 8. The fraction of sp³-hybridized carbons (Fsp3) is 0.500. The van der Waals surface area contributed by atoms with Crippen molar-refractivity contribution in [3.63, 3.8) is 0 Å². The maximum Gasteiger partial charge on any atom is 0.316 e. The first-order chi connectivity index (χ1) is 15.0. The molecule has 10 heteroatoms. The molecule has 0 bridgehead atoms. The van der Waals surface area contributed by atoms with Crippen LogP contribution in [0.25, 0.3) is 0 Å². The molecule has 2 aromatic rings. The number of carbonyl (C=O) groups is 3. The molecule has 174 valence electrons. The van der Waals surface area contributed by atoms with Gasteiger partial charge in [-0.2, -0.15) is 0 Å². The molecule has 0 aliphatic carbocycles. The zero-order valence-electron chi connectivity index (χ0n) is 19.2. The van der Waals surface area contributed by atoms with E-state index in [-0.39, 0.29) is 34.9 Å². The molecule has 2 N–H and O–H groups in total. The Balaban J connectivity index is 1.99. The first-order valence-corrected chi connectivity index (χ1v) is 12.2. The number of rotatable bonds is 9. The summed E-state index contributed by atoms with van der Waals surface area (Å²) in [5.74, 6) is -1.05. The predicted molar refractivity (Wildman–Crippen MR) is 127 cm³/mol. The number of nitrogens with zero attached hydrogens (tertiary/aromatic N) is 2. The molecule has 2 amide bonds. The minimum Gasteiger partial charge on any atom is -0.465 e. The Kier molecular flexibility index (Phi) is 9.21. The predicted octanol–water partition coefficient (Wildman–Crippen LogP) is 3.88.